The first kappa shape index (κ1) is 47.3. The molecule has 0 radical (unpaired) electrons. The number of carbonyl (C=O) groups is 2. The number of nitriles is 4. The third-order valence-electron chi connectivity index (χ3n) is 13.8. The number of aryl methyl sites for hydroxylation is 1. The van der Waals surface area contributed by atoms with E-state index in [1.54, 1.807) is 12.1 Å². The molecule has 0 saturated heterocycles. The van der Waals surface area contributed by atoms with Gasteiger partial charge in [-0.25, -0.2) is 9.59 Å². The van der Waals surface area contributed by atoms with E-state index in [-0.39, 0.29) is 11.1 Å². The van der Waals surface area contributed by atoms with Crippen molar-refractivity contribution in [2.75, 3.05) is 4.90 Å². The predicted molar refractivity (Wildman–Crippen MR) is 283 cm³/mol. The summed E-state index contributed by atoms with van der Waals surface area (Å²) in [6.07, 6.45) is 6.53. The van der Waals surface area contributed by atoms with Gasteiger partial charge in [0.25, 0.3) is 0 Å². The van der Waals surface area contributed by atoms with E-state index < -0.39 is 22.8 Å². The number of nitrogens with zero attached hydrogens (tertiary/aromatic N) is 5. The molecule has 2 N–H and O–H groups in total. The molecule has 0 aromatic heterocycles. The van der Waals surface area contributed by atoms with Gasteiger partial charge in [-0.15, -0.1) is 0 Å². The Morgan fingerprint density at radius 2 is 0.750 bits per heavy atom. The Hall–Kier alpha value is -9.80. The lowest BCUT2D eigenvalue weighted by Gasteiger charge is -2.26. The zero-order valence-corrected chi connectivity index (χ0v) is 40.1. The SMILES string of the molecule is Cc1ccc(N(c2ccc(/C=C(\C#N)c3ccc4c(c3)C(C)(C)c3cc(/C=C(\C#N)C(=O)O)ccc3-4)cc2)c2ccc(/C=C(\C#N)c3ccc4c(c3)C(C)(C)c3cc(/C=C(\C#N)C(=O)O)ccc3-4)cc2)cc1. The van der Waals surface area contributed by atoms with Crippen LogP contribution >= 0.6 is 0 Å². The molecule has 72 heavy (non-hydrogen) atoms. The van der Waals surface area contributed by atoms with Crippen LogP contribution in [0.1, 0.15) is 88.9 Å². The molecule has 0 saturated carbocycles. The molecule has 9 rings (SSSR count). The van der Waals surface area contributed by atoms with E-state index in [0.717, 1.165) is 89.4 Å². The molecule has 0 atom stereocenters. The minimum Gasteiger partial charge on any atom is -0.477 e. The lowest BCUT2D eigenvalue weighted by molar-refractivity contribution is -0.133. The van der Waals surface area contributed by atoms with Gasteiger partial charge < -0.3 is 15.1 Å². The van der Waals surface area contributed by atoms with Gasteiger partial charge in [-0.05, 0) is 158 Å². The topological polar surface area (TPSA) is 173 Å². The van der Waals surface area contributed by atoms with Crippen LogP contribution in [0.3, 0.4) is 0 Å². The zero-order valence-electron chi connectivity index (χ0n) is 40.1. The molecule has 0 amide bonds. The fraction of sp³-hybridized carbons (Fsp3) is 0.111. The molecule has 2 aliphatic carbocycles. The lowest BCUT2D eigenvalue weighted by Crippen LogP contribution is -2.15. The highest BCUT2D eigenvalue weighted by Crippen LogP contribution is 2.51. The number of fused-ring (bicyclic) bond motifs is 6. The fourth-order valence-corrected chi connectivity index (χ4v) is 9.92. The van der Waals surface area contributed by atoms with E-state index in [4.69, 9.17) is 0 Å². The summed E-state index contributed by atoms with van der Waals surface area (Å²) in [5, 5.41) is 58.5. The standard InChI is InChI=1S/C63H45N5O4/c1-38-6-16-49(17-7-38)68(50-18-8-39(9-19-50)26-45(34-64)43-14-24-54-52-22-12-41(28-47(36-66)60(69)70)30-56(52)62(2,3)58(54)32-43)51-20-10-40(11-21-51)27-46(35-65)44-15-25-55-53-23-13-42(29-48(37-67)61(71)72)31-57(53)63(4,5)59(55)33-44/h6-33H,1-5H3,(H,69,70)(H,71,72)/b45-26+,46-27+,47-28+,48-29+. The summed E-state index contributed by atoms with van der Waals surface area (Å²) in [5.41, 5.74) is 16.1. The first-order valence-electron chi connectivity index (χ1n) is 23.1. The zero-order chi connectivity index (χ0) is 51.1. The van der Waals surface area contributed by atoms with Gasteiger partial charge in [0.15, 0.2) is 0 Å². The minimum absolute atomic E-state index is 0.336. The smallest absolute Gasteiger partial charge is 0.346 e. The highest BCUT2D eigenvalue weighted by atomic mass is 16.4. The summed E-state index contributed by atoms with van der Waals surface area (Å²) in [4.78, 5) is 25.2. The molecule has 7 aromatic rings. The molecule has 2 aliphatic rings. The number of anilines is 3. The Bertz CT molecular complexity index is 3510. The summed E-state index contributed by atoms with van der Waals surface area (Å²) in [6.45, 7) is 10.5. The van der Waals surface area contributed by atoms with Gasteiger partial charge in [-0.3, -0.25) is 0 Å². The summed E-state index contributed by atoms with van der Waals surface area (Å²) in [7, 11) is 0. The Balaban J connectivity index is 0.977. The number of aliphatic carboxylic acids is 2. The molecule has 0 heterocycles. The van der Waals surface area contributed by atoms with Gasteiger partial charge in [0.2, 0.25) is 0 Å². The van der Waals surface area contributed by atoms with Crippen molar-refractivity contribution < 1.29 is 19.8 Å². The van der Waals surface area contributed by atoms with Crippen molar-refractivity contribution in [1.29, 1.82) is 21.0 Å². The maximum atomic E-state index is 11.5. The molecule has 0 bridgehead atoms. The normalized spacial score (nSPS) is 14.1. The second-order valence-corrected chi connectivity index (χ2v) is 19.0. The first-order valence-corrected chi connectivity index (χ1v) is 23.1. The summed E-state index contributed by atoms with van der Waals surface area (Å²) < 4.78 is 0. The number of rotatable bonds is 11. The highest BCUT2D eigenvalue weighted by Gasteiger charge is 2.37. The molecule has 346 valence electrons. The van der Waals surface area contributed by atoms with Crippen molar-refractivity contribution in [3.05, 3.63) is 218 Å². The van der Waals surface area contributed by atoms with E-state index in [0.29, 0.717) is 22.3 Å². The largest absolute Gasteiger partial charge is 0.477 e. The molecule has 9 heteroatoms. The van der Waals surface area contributed by atoms with E-state index in [2.05, 4.69) is 81.1 Å². The van der Waals surface area contributed by atoms with Crippen LogP contribution in [0.25, 0.3) is 57.7 Å². The van der Waals surface area contributed by atoms with Crippen LogP contribution in [0.2, 0.25) is 0 Å². The molecule has 7 aromatic carbocycles. The molecule has 0 spiro atoms. The van der Waals surface area contributed by atoms with Crippen molar-refractivity contribution >= 4 is 64.5 Å². The van der Waals surface area contributed by atoms with Crippen LogP contribution in [-0.4, -0.2) is 22.2 Å². The van der Waals surface area contributed by atoms with Gasteiger partial charge in [0, 0.05) is 27.9 Å². The Kier molecular flexibility index (Phi) is 12.2. The average molecular weight is 936 g/mol. The van der Waals surface area contributed by atoms with E-state index in [9.17, 15) is 40.8 Å². The minimum atomic E-state index is -1.27. The number of carboxylic acid groups (broad SMARTS) is 2. The van der Waals surface area contributed by atoms with E-state index >= 15 is 0 Å². The Labute approximate surface area is 418 Å². The Morgan fingerprint density at radius 3 is 1.08 bits per heavy atom. The molecule has 0 aliphatic heterocycles. The van der Waals surface area contributed by atoms with Gasteiger partial charge in [0.1, 0.15) is 23.3 Å². The maximum absolute atomic E-state index is 11.5. The van der Waals surface area contributed by atoms with Crippen molar-refractivity contribution in [2.24, 2.45) is 0 Å². The molecular weight excluding hydrogens is 891 g/mol. The molecular formula is C63H45N5O4. The summed E-state index contributed by atoms with van der Waals surface area (Å²) in [5.74, 6) is -2.55. The number of allylic oxidation sites excluding steroid dienone is 2. The van der Waals surface area contributed by atoms with Gasteiger partial charge >= 0.3 is 11.9 Å². The van der Waals surface area contributed by atoms with Crippen LogP contribution in [0.4, 0.5) is 17.1 Å². The van der Waals surface area contributed by atoms with Crippen molar-refractivity contribution in [3.8, 4) is 46.5 Å². The molecule has 9 nitrogen and oxygen atoms in total. The van der Waals surface area contributed by atoms with Gasteiger partial charge in [-0.2, -0.15) is 21.0 Å². The number of benzene rings is 7. The number of carboxylic acids is 2. The lowest BCUT2D eigenvalue weighted by atomic mass is 9.81. The monoisotopic (exact) mass is 935 g/mol. The van der Waals surface area contributed by atoms with E-state index in [1.165, 1.54) is 12.2 Å². The van der Waals surface area contributed by atoms with Crippen molar-refractivity contribution in [2.45, 2.75) is 45.4 Å². The van der Waals surface area contributed by atoms with Gasteiger partial charge in [0.05, 0.1) is 23.3 Å². The number of hydrogen-bond donors (Lipinski definition) is 2. The third-order valence-corrected chi connectivity index (χ3v) is 13.8. The molecule has 0 fully saturated rings. The third kappa shape index (κ3) is 8.65. The van der Waals surface area contributed by atoms with Crippen LogP contribution in [-0.2, 0) is 20.4 Å². The second-order valence-electron chi connectivity index (χ2n) is 19.0. The summed E-state index contributed by atoms with van der Waals surface area (Å²) in [6, 6.07) is 56.3. The van der Waals surface area contributed by atoms with Crippen molar-refractivity contribution in [1.82, 2.24) is 0 Å². The summed E-state index contributed by atoms with van der Waals surface area (Å²) >= 11 is 0. The first-order chi connectivity index (χ1) is 34.5. The number of hydrogen-bond acceptors (Lipinski definition) is 7. The van der Waals surface area contributed by atoms with Crippen molar-refractivity contribution in [3.63, 3.8) is 0 Å². The average Bonchev–Trinajstić information content (AvgIpc) is 3.74. The Morgan fingerprint density at radius 1 is 0.431 bits per heavy atom. The van der Waals surface area contributed by atoms with Crippen LogP contribution < -0.4 is 4.90 Å². The van der Waals surface area contributed by atoms with Crippen LogP contribution in [0, 0.1) is 52.2 Å². The van der Waals surface area contributed by atoms with E-state index in [1.807, 2.05) is 128 Å². The molecule has 0 unspecified atom stereocenters. The maximum Gasteiger partial charge on any atom is 0.346 e. The van der Waals surface area contributed by atoms with Gasteiger partial charge in [-0.1, -0.05) is 130 Å². The van der Waals surface area contributed by atoms with Crippen LogP contribution in [0.15, 0.2) is 157 Å². The quantitative estimate of drug-likeness (QED) is 0.0727. The fourth-order valence-electron chi connectivity index (χ4n) is 9.92. The predicted octanol–water partition coefficient (Wildman–Crippen LogP) is 14.2. The van der Waals surface area contributed by atoms with Crippen LogP contribution in [0.5, 0.6) is 0 Å². The highest BCUT2D eigenvalue weighted by molar-refractivity contribution is 5.98. The second kappa shape index (κ2) is 18.6.